The number of carbonyl (C=O) groups excluding carboxylic acids is 1. The van der Waals surface area contributed by atoms with Gasteiger partial charge in [0.1, 0.15) is 17.3 Å². The Labute approximate surface area is 164 Å². The molecular weight excluding hydrogens is 354 g/mol. The van der Waals surface area contributed by atoms with Gasteiger partial charge in [0, 0.05) is 6.42 Å². The van der Waals surface area contributed by atoms with E-state index in [0.717, 1.165) is 23.4 Å². The number of rotatable bonds is 8. The van der Waals surface area contributed by atoms with Gasteiger partial charge in [-0.3, -0.25) is 4.79 Å². The van der Waals surface area contributed by atoms with E-state index in [1.54, 1.807) is 0 Å². The average molecular weight is 379 g/mol. The number of benzene rings is 2. The molecule has 1 aromatic heterocycles. The Morgan fingerprint density at radius 1 is 1.18 bits per heavy atom. The molecule has 0 fully saturated rings. The van der Waals surface area contributed by atoms with E-state index in [2.05, 4.69) is 10.3 Å². The van der Waals surface area contributed by atoms with Gasteiger partial charge in [0.25, 0.3) is 0 Å². The summed E-state index contributed by atoms with van der Waals surface area (Å²) < 4.78 is 11.4. The zero-order chi connectivity index (χ0) is 19.9. The van der Waals surface area contributed by atoms with Crippen molar-refractivity contribution < 1.29 is 13.9 Å². The zero-order valence-electron chi connectivity index (χ0n) is 16.1. The van der Waals surface area contributed by atoms with E-state index >= 15 is 0 Å². The second-order valence-electron chi connectivity index (χ2n) is 6.56. The fourth-order valence-corrected chi connectivity index (χ4v) is 2.81. The first kappa shape index (κ1) is 19.6. The molecule has 0 saturated carbocycles. The van der Waals surface area contributed by atoms with Crippen LogP contribution in [-0.2, 0) is 24.2 Å². The Balaban J connectivity index is 1.56. The number of aromatic nitrogens is 1. The minimum absolute atomic E-state index is 0.233. The molecule has 1 heterocycles. The normalized spacial score (nSPS) is 11.8. The molecule has 1 unspecified atom stereocenters. The van der Waals surface area contributed by atoms with Crippen molar-refractivity contribution in [2.24, 2.45) is 5.73 Å². The molecule has 3 rings (SSSR count). The first-order valence-corrected chi connectivity index (χ1v) is 9.35. The molecule has 1 amide bonds. The predicted octanol–water partition coefficient (Wildman–Crippen LogP) is 3.52. The third-order valence-electron chi connectivity index (χ3n) is 4.33. The summed E-state index contributed by atoms with van der Waals surface area (Å²) in [7, 11) is 0. The first-order chi connectivity index (χ1) is 13.5. The highest BCUT2D eigenvalue weighted by atomic mass is 16.5. The summed E-state index contributed by atoms with van der Waals surface area (Å²) >= 11 is 0. The van der Waals surface area contributed by atoms with Gasteiger partial charge in [-0.15, -0.1) is 0 Å². The second kappa shape index (κ2) is 9.19. The molecule has 0 bridgehead atoms. The molecule has 28 heavy (non-hydrogen) atoms. The number of nitrogens with two attached hydrogens (primary N) is 1. The van der Waals surface area contributed by atoms with Crippen molar-refractivity contribution in [3.05, 3.63) is 77.5 Å². The number of amides is 1. The van der Waals surface area contributed by atoms with E-state index in [0.29, 0.717) is 23.8 Å². The van der Waals surface area contributed by atoms with Crippen LogP contribution in [0.3, 0.4) is 0 Å². The Morgan fingerprint density at radius 3 is 2.64 bits per heavy atom. The fraction of sp³-hybridized carbons (Fsp3) is 0.273. The quantitative estimate of drug-likeness (QED) is 0.625. The number of nitrogens with one attached hydrogen (secondary N) is 1. The molecule has 6 heteroatoms. The van der Waals surface area contributed by atoms with Crippen molar-refractivity contribution >= 4 is 5.91 Å². The van der Waals surface area contributed by atoms with Crippen LogP contribution in [-0.4, -0.2) is 16.9 Å². The number of hydrogen-bond donors (Lipinski definition) is 2. The van der Waals surface area contributed by atoms with E-state index in [1.807, 2.05) is 68.4 Å². The SMILES string of the molecule is CCc1nc(C)c(CNC(=O)C(N)Cc2cccc(Oc3ccccc3)c2)o1. The second-order valence-corrected chi connectivity index (χ2v) is 6.56. The molecule has 3 N–H and O–H groups in total. The number of hydrogen-bond acceptors (Lipinski definition) is 5. The molecule has 6 nitrogen and oxygen atoms in total. The minimum atomic E-state index is -0.666. The molecular formula is C22H25N3O3. The lowest BCUT2D eigenvalue weighted by atomic mass is 10.1. The Morgan fingerprint density at radius 2 is 1.93 bits per heavy atom. The Bertz CT molecular complexity index is 922. The van der Waals surface area contributed by atoms with Gasteiger partial charge in [-0.25, -0.2) is 4.98 Å². The van der Waals surface area contributed by atoms with Crippen LogP contribution in [0.2, 0.25) is 0 Å². The monoisotopic (exact) mass is 379 g/mol. The summed E-state index contributed by atoms with van der Waals surface area (Å²) in [6, 6.07) is 16.5. The standard InChI is InChI=1S/C22H25N3O3/c1-3-21-25-15(2)20(28-21)14-24-22(26)19(23)13-16-8-7-11-18(12-16)27-17-9-5-4-6-10-17/h4-12,19H,3,13-14,23H2,1-2H3,(H,24,26). The van der Waals surface area contributed by atoms with Crippen molar-refractivity contribution in [3.63, 3.8) is 0 Å². The van der Waals surface area contributed by atoms with Crippen molar-refractivity contribution in [1.82, 2.24) is 10.3 Å². The molecule has 0 radical (unpaired) electrons. The van der Waals surface area contributed by atoms with Crippen molar-refractivity contribution in [2.45, 2.75) is 39.3 Å². The number of carbonyl (C=O) groups is 1. The number of para-hydroxylation sites is 1. The van der Waals surface area contributed by atoms with Gasteiger partial charge in [0.05, 0.1) is 18.3 Å². The smallest absolute Gasteiger partial charge is 0.237 e. The number of aryl methyl sites for hydroxylation is 2. The van der Waals surface area contributed by atoms with E-state index in [-0.39, 0.29) is 12.5 Å². The highest BCUT2D eigenvalue weighted by molar-refractivity contribution is 5.81. The van der Waals surface area contributed by atoms with Crippen LogP contribution in [0.1, 0.15) is 29.8 Å². The molecule has 3 aromatic rings. The van der Waals surface area contributed by atoms with Crippen LogP contribution in [0.5, 0.6) is 11.5 Å². The summed E-state index contributed by atoms with van der Waals surface area (Å²) in [5.74, 6) is 2.57. The van der Waals surface area contributed by atoms with Gasteiger partial charge >= 0.3 is 0 Å². The molecule has 0 aliphatic carbocycles. The van der Waals surface area contributed by atoms with Gasteiger partial charge in [0.2, 0.25) is 5.91 Å². The molecule has 146 valence electrons. The Kier molecular flexibility index (Phi) is 6.45. The zero-order valence-corrected chi connectivity index (χ0v) is 16.1. The minimum Gasteiger partial charge on any atom is -0.457 e. The largest absolute Gasteiger partial charge is 0.457 e. The number of oxazole rings is 1. The van der Waals surface area contributed by atoms with Gasteiger partial charge in [-0.1, -0.05) is 37.3 Å². The molecule has 0 aliphatic heterocycles. The van der Waals surface area contributed by atoms with E-state index < -0.39 is 6.04 Å². The maximum absolute atomic E-state index is 12.4. The van der Waals surface area contributed by atoms with Gasteiger partial charge in [-0.2, -0.15) is 0 Å². The van der Waals surface area contributed by atoms with Crippen LogP contribution in [0, 0.1) is 6.92 Å². The highest BCUT2D eigenvalue weighted by Crippen LogP contribution is 2.22. The maximum atomic E-state index is 12.4. The van der Waals surface area contributed by atoms with E-state index in [1.165, 1.54) is 0 Å². The molecule has 0 saturated heterocycles. The van der Waals surface area contributed by atoms with Crippen LogP contribution < -0.4 is 15.8 Å². The number of ether oxygens (including phenoxy) is 1. The van der Waals surface area contributed by atoms with Crippen molar-refractivity contribution in [3.8, 4) is 11.5 Å². The van der Waals surface area contributed by atoms with Gasteiger partial charge in [-0.05, 0) is 43.2 Å². The molecule has 1 atom stereocenters. The third kappa shape index (κ3) is 5.20. The fourth-order valence-electron chi connectivity index (χ4n) is 2.81. The van der Waals surface area contributed by atoms with Crippen LogP contribution in [0.25, 0.3) is 0 Å². The van der Waals surface area contributed by atoms with Crippen LogP contribution in [0.15, 0.2) is 59.0 Å². The summed E-state index contributed by atoms with van der Waals surface area (Å²) in [5.41, 5.74) is 7.81. The predicted molar refractivity (Wildman–Crippen MR) is 107 cm³/mol. The lowest BCUT2D eigenvalue weighted by molar-refractivity contribution is -0.122. The molecule has 2 aromatic carbocycles. The first-order valence-electron chi connectivity index (χ1n) is 9.35. The van der Waals surface area contributed by atoms with Gasteiger partial charge < -0.3 is 20.2 Å². The van der Waals surface area contributed by atoms with Crippen molar-refractivity contribution in [2.75, 3.05) is 0 Å². The van der Waals surface area contributed by atoms with E-state index in [9.17, 15) is 4.79 Å². The average Bonchev–Trinajstić information content (AvgIpc) is 3.07. The van der Waals surface area contributed by atoms with Crippen LogP contribution in [0.4, 0.5) is 0 Å². The maximum Gasteiger partial charge on any atom is 0.237 e. The number of nitrogens with zero attached hydrogens (tertiary/aromatic N) is 1. The Hall–Kier alpha value is -3.12. The summed E-state index contributed by atoms with van der Waals surface area (Å²) in [6.45, 7) is 4.12. The topological polar surface area (TPSA) is 90.4 Å². The molecule has 0 spiro atoms. The third-order valence-corrected chi connectivity index (χ3v) is 4.33. The summed E-state index contributed by atoms with van der Waals surface area (Å²) in [5, 5.41) is 2.82. The highest BCUT2D eigenvalue weighted by Gasteiger charge is 2.16. The molecule has 0 aliphatic rings. The lowest BCUT2D eigenvalue weighted by Gasteiger charge is -2.13. The summed E-state index contributed by atoms with van der Waals surface area (Å²) in [4.78, 5) is 16.7. The van der Waals surface area contributed by atoms with E-state index in [4.69, 9.17) is 14.9 Å². The lowest BCUT2D eigenvalue weighted by Crippen LogP contribution is -2.41. The van der Waals surface area contributed by atoms with Crippen LogP contribution >= 0.6 is 0 Å². The van der Waals surface area contributed by atoms with Gasteiger partial charge in [0.15, 0.2) is 5.89 Å². The summed E-state index contributed by atoms with van der Waals surface area (Å²) in [6.07, 6.45) is 1.13. The van der Waals surface area contributed by atoms with Crippen molar-refractivity contribution in [1.29, 1.82) is 0 Å².